The molecule has 5 nitrogen and oxygen atoms in total. The number of nitrogens with two attached hydrogens (primary N) is 1. The number of imidazole rings is 1. The van der Waals surface area contributed by atoms with Crippen LogP contribution in [0.25, 0.3) is 11.0 Å². The van der Waals surface area contributed by atoms with Crippen LogP contribution in [0, 0.1) is 11.6 Å². The minimum atomic E-state index is -1.18. The van der Waals surface area contributed by atoms with Gasteiger partial charge in [-0.05, 0) is 6.07 Å². The number of hydrogen-bond acceptors (Lipinski definition) is 4. The summed E-state index contributed by atoms with van der Waals surface area (Å²) < 4.78 is 30.9. The fraction of sp³-hybridized carbons (Fsp3) is 0.111. The Balaban J connectivity index is 2.84. The van der Waals surface area contributed by atoms with E-state index in [0.717, 1.165) is 13.2 Å². The predicted molar refractivity (Wildman–Crippen MR) is 51.8 cm³/mol. The lowest BCUT2D eigenvalue weighted by Gasteiger charge is -2.01. The van der Waals surface area contributed by atoms with Gasteiger partial charge in [0.2, 0.25) is 0 Å². The Kier molecular flexibility index (Phi) is 2.22. The Morgan fingerprint density at radius 1 is 1.56 bits per heavy atom. The molecule has 0 bridgehead atoms. The fourth-order valence-electron chi connectivity index (χ4n) is 1.39. The summed E-state index contributed by atoms with van der Waals surface area (Å²) in [6.45, 7) is 0. The highest BCUT2D eigenvalue weighted by Gasteiger charge is 2.20. The highest BCUT2D eigenvalue weighted by atomic mass is 19.2. The van der Waals surface area contributed by atoms with Crippen LogP contribution < -0.4 is 5.73 Å². The largest absolute Gasteiger partial charge is 0.465 e. The molecule has 3 N–H and O–H groups in total. The first-order valence-electron chi connectivity index (χ1n) is 4.26. The molecule has 2 aromatic rings. The van der Waals surface area contributed by atoms with E-state index in [1.807, 2.05) is 0 Å². The van der Waals surface area contributed by atoms with Crippen LogP contribution in [0.3, 0.4) is 0 Å². The van der Waals surface area contributed by atoms with Gasteiger partial charge in [-0.15, -0.1) is 0 Å². The zero-order valence-electron chi connectivity index (χ0n) is 8.17. The standard InChI is InChI=1S/C9H7F2N3O2/c1-16-8(15)3-2-4(10)5(11)7-6(3)13-9(12)14-7/h2H,1H3,(H3,12,13,14). The predicted octanol–water partition coefficient (Wildman–Crippen LogP) is 1.21. The van der Waals surface area contributed by atoms with Gasteiger partial charge >= 0.3 is 5.97 Å². The number of H-pyrrole nitrogens is 1. The minimum Gasteiger partial charge on any atom is -0.465 e. The Morgan fingerprint density at radius 3 is 2.88 bits per heavy atom. The molecule has 0 aliphatic carbocycles. The number of nitrogens with zero attached hydrogens (tertiary/aromatic N) is 1. The van der Waals surface area contributed by atoms with E-state index in [1.54, 1.807) is 0 Å². The van der Waals surface area contributed by atoms with Crippen molar-refractivity contribution in [1.29, 1.82) is 0 Å². The van der Waals surface area contributed by atoms with Gasteiger partial charge in [-0.2, -0.15) is 0 Å². The van der Waals surface area contributed by atoms with Crippen LogP contribution in [-0.2, 0) is 4.74 Å². The second-order valence-corrected chi connectivity index (χ2v) is 3.06. The van der Waals surface area contributed by atoms with Crippen LogP contribution in [0.15, 0.2) is 6.07 Å². The van der Waals surface area contributed by atoms with Gasteiger partial charge in [0.15, 0.2) is 17.6 Å². The van der Waals surface area contributed by atoms with Crippen molar-refractivity contribution in [3.63, 3.8) is 0 Å². The summed E-state index contributed by atoms with van der Waals surface area (Å²) in [5, 5.41) is 0. The summed E-state index contributed by atoms with van der Waals surface area (Å²) in [6, 6.07) is 0.737. The van der Waals surface area contributed by atoms with Crippen molar-refractivity contribution in [3.05, 3.63) is 23.3 Å². The smallest absolute Gasteiger partial charge is 0.340 e. The molecule has 0 radical (unpaired) electrons. The molecular weight excluding hydrogens is 220 g/mol. The van der Waals surface area contributed by atoms with Crippen molar-refractivity contribution in [2.24, 2.45) is 0 Å². The highest BCUT2D eigenvalue weighted by molar-refractivity contribution is 6.02. The maximum atomic E-state index is 13.3. The average molecular weight is 227 g/mol. The van der Waals surface area contributed by atoms with Crippen molar-refractivity contribution in [3.8, 4) is 0 Å². The van der Waals surface area contributed by atoms with Gasteiger partial charge < -0.3 is 15.5 Å². The second-order valence-electron chi connectivity index (χ2n) is 3.06. The lowest BCUT2D eigenvalue weighted by atomic mass is 10.1. The van der Waals surface area contributed by atoms with Crippen LogP contribution in [0.2, 0.25) is 0 Å². The number of aromatic nitrogens is 2. The monoisotopic (exact) mass is 227 g/mol. The SMILES string of the molecule is COC(=O)c1cc(F)c(F)c2nc(N)[nH]c12. The second kappa shape index (κ2) is 3.44. The number of methoxy groups -OCH3 is 1. The molecule has 0 atom stereocenters. The van der Waals surface area contributed by atoms with E-state index in [-0.39, 0.29) is 22.5 Å². The first-order chi connectivity index (χ1) is 7.54. The topological polar surface area (TPSA) is 81.0 Å². The number of carbonyl (C=O) groups is 1. The van der Waals surface area contributed by atoms with Crippen molar-refractivity contribution < 1.29 is 18.3 Å². The summed E-state index contributed by atoms with van der Waals surface area (Å²) in [6.07, 6.45) is 0. The van der Waals surface area contributed by atoms with E-state index >= 15 is 0 Å². The Labute approximate surface area is 88.2 Å². The molecule has 0 unspecified atom stereocenters. The number of rotatable bonds is 1. The van der Waals surface area contributed by atoms with Crippen LogP contribution in [0.4, 0.5) is 14.7 Å². The minimum absolute atomic E-state index is 0.0169. The van der Waals surface area contributed by atoms with Gasteiger partial charge in [0.1, 0.15) is 5.52 Å². The van der Waals surface area contributed by atoms with Gasteiger partial charge in [-0.3, -0.25) is 0 Å². The number of anilines is 1. The van der Waals surface area contributed by atoms with Crippen molar-refractivity contribution in [2.75, 3.05) is 12.8 Å². The number of ether oxygens (including phenoxy) is 1. The Bertz CT molecular complexity index is 580. The maximum absolute atomic E-state index is 13.3. The summed E-state index contributed by atoms with van der Waals surface area (Å²) in [5.41, 5.74) is 4.86. The van der Waals surface area contributed by atoms with Gasteiger partial charge in [0.25, 0.3) is 0 Å². The first-order valence-corrected chi connectivity index (χ1v) is 4.26. The lowest BCUT2D eigenvalue weighted by molar-refractivity contribution is 0.0602. The summed E-state index contributed by atoms with van der Waals surface area (Å²) in [7, 11) is 1.13. The first kappa shape index (κ1) is 10.3. The van der Waals surface area contributed by atoms with Crippen molar-refractivity contribution in [1.82, 2.24) is 9.97 Å². The van der Waals surface area contributed by atoms with Gasteiger partial charge in [-0.25, -0.2) is 18.6 Å². The number of carbonyl (C=O) groups excluding carboxylic acids is 1. The van der Waals surface area contributed by atoms with Crippen LogP contribution in [0.1, 0.15) is 10.4 Å². The van der Waals surface area contributed by atoms with Gasteiger partial charge in [0, 0.05) is 0 Å². The molecule has 16 heavy (non-hydrogen) atoms. The molecule has 0 amide bonds. The number of esters is 1. The van der Waals surface area contributed by atoms with E-state index in [4.69, 9.17) is 5.73 Å². The van der Waals surface area contributed by atoms with Crippen molar-refractivity contribution in [2.45, 2.75) is 0 Å². The third kappa shape index (κ3) is 1.37. The molecule has 1 aromatic carbocycles. The molecule has 1 heterocycles. The molecule has 0 saturated carbocycles. The molecule has 2 rings (SSSR count). The summed E-state index contributed by atoms with van der Waals surface area (Å²) in [5.74, 6) is -3.24. The number of nitrogen functional groups attached to an aromatic ring is 1. The molecule has 0 aliphatic heterocycles. The van der Waals surface area contributed by atoms with E-state index in [2.05, 4.69) is 14.7 Å². The van der Waals surface area contributed by atoms with Gasteiger partial charge in [0.05, 0.1) is 18.2 Å². The van der Waals surface area contributed by atoms with Crippen molar-refractivity contribution >= 4 is 23.0 Å². The van der Waals surface area contributed by atoms with E-state index in [1.165, 1.54) is 0 Å². The number of benzene rings is 1. The lowest BCUT2D eigenvalue weighted by Crippen LogP contribution is -2.04. The molecular formula is C9H7F2N3O2. The fourth-order valence-corrected chi connectivity index (χ4v) is 1.39. The number of fused-ring (bicyclic) bond motifs is 1. The zero-order chi connectivity index (χ0) is 11.9. The van der Waals surface area contributed by atoms with E-state index in [9.17, 15) is 13.6 Å². The molecule has 7 heteroatoms. The van der Waals surface area contributed by atoms with E-state index in [0.29, 0.717) is 0 Å². The van der Waals surface area contributed by atoms with Crippen LogP contribution in [0.5, 0.6) is 0 Å². The van der Waals surface area contributed by atoms with Crippen LogP contribution in [-0.4, -0.2) is 23.0 Å². The van der Waals surface area contributed by atoms with E-state index < -0.39 is 17.6 Å². The number of nitrogens with one attached hydrogen (secondary N) is 1. The Morgan fingerprint density at radius 2 is 2.25 bits per heavy atom. The van der Waals surface area contributed by atoms with Crippen LogP contribution >= 0.6 is 0 Å². The zero-order valence-corrected chi connectivity index (χ0v) is 8.17. The molecule has 0 fully saturated rings. The quantitative estimate of drug-likeness (QED) is 0.717. The molecule has 1 aromatic heterocycles. The third-order valence-corrected chi connectivity index (χ3v) is 2.09. The molecule has 0 saturated heterocycles. The number of hydrogen-bond donors (Lipinski definition) is 2. The average Bonchev–Trinajstić information content (AvgIpc) is 2.64. The molecule has 0 aliphatic rings. The number of aromatic amines is 1. The Hall–Kier alpha value is -2.18. The van der Waals surface area contributed by atoms with Gasteiger partial charge in [-0.1, -0.05) is 0 Å². The molecule has 0 spiro atoms. The highest BCUT2D eigenvalue weighted by Crippen LogP contribution is 2.23. The normalized spacial score (nSPS) is 10.7. The maximum Gasteiger partial charge on any atom is 0.340 e. The number of halogens is 2. The summed E-state index contributed by atoms with van der Waals surface area (Å²) >= 11 is 0. The molecule has 84 valence electrons. The third-order valence-electron chi connectivity index (χ3n) is 2.09. The summed E-state index contributed by atoms with van der Waals surface area (Å²) in [4.78, 5) is 17.3.